The summed E-state index contributed by atoms with van der Waals surface area (Å²) in [6, 6.07) is 5.18. The van der Waals surface area contributed by atoms with E-state index in [9.17, 15) is 10.1 Å². The van der Waals surface area contributed by atoms with Crippen LogP contribution in [0.5, 0.6) is 5.75 Å². The number of hydrogen-bond donors (Lipinski definition) is 1. The van der Waals surface area contributed by atoms with Crippen LogP contribution in [0.4, 0.5) is 11.4 Å². The van der Waals surface area contributed by atoms with Crippen molar-refractivity contribution in [3.8, 4) is 5.75 Å². The molecule has 0 spiro atoms. The highest BCUT2D eigenvalue weighted by atomic mass is 32.2. The lowest BCUT2D eigenvalue weighted by Gasteiger charge is -2.22. The second-order valence-electron chi connectivity index (χ2n) is 5.02. The molecule has 0 aliphatic carbocycles. The Bertz CT molecular complexity index is 491. The third-order valence-electron chi connectivity index (χ3n) is 2.95. The molecule has 21 heavy (non-hydrogen) atoms. The van der Waals surface area contributed by atoms with E-state index in [1.54, 1.807) is 18.2 Å². The maximum absolute atomic E-state index is 11.4. The highest BCUT2D eigenvalue weighted by molar-refractivity contribution is 8.06. The smallest absolute Gasteiger partial charge is 0.333 e. The minimum Gasteiger partial charge on any atom is -0.484 e. The second kappa shape index (κ2) is 7.79. The highest BCUT2D eigenvalue weighted by Crippen LogP contribution is 2.36. The van der Waals surface area contributed by atoms with E-state index in [1.165, 1.54) is 5.75 Å². The molecule has 1 N–H and O–H groups in total. The summed E-state index contributed by atoms with van der Waals surface area (Å²) >= 11 is 3.87. The van der Waals surface area contributed by atoms with Crippen molar-refractivity contribution < 1.29 is 9.66 Å². The molecule has 7 heteroatoms. The van der Waals surface area contributed by atoms with Crippen LogP contribution in [0.25, 0.3) is 0 Å². The zero-order chi connectivity index (χ0) is 15.2. The zero-order valence-electron chi connectivity index (χ0n) is 12.2. The molecule has 1 aromatic rings. The van der Waals surface area contributed by atoms with Crippen LogP contribution in [0.1, 0.15) is 13.8 Å². The topological polar surface area (TPSA) is 64.4 Å². The fourth-order valence-corrected chi connectivity index (χ4v) is 4.69. The van der Waals surface area contributed by atoms with E-state index < -0.39 is 0 Å². The predicted octanol–water partition coefficient (Wildman–Crippen LogP) is 3.64. The first-order valence-corrected chi connectivity index (χ1v) is 9.15. The van der Waals surface area contributed by atoms with Gasteiger partial charge >= 0.3 is 5.69 Å². The molecule has 5 nitrogen and oxygen atoms in total. The molecule has 1 saturated heterocycles. The zero-order valence-corrected chi connectivity index (χ0v) is 13.8. The van der Waals surface area contributed by atoms with Gasteiger partial charge in [-0.15, -0.1) is 0 Å². The molecule has 1 heterocycles. The molecule has 1 aromatic carbocycles. The lowest BCUT2D eigenvalue weighted by molar-refractivity contribution is -0.385. The molecule has 1 atom stereocenters. The van der Waals surface area contributed by atoms with Gasteiger partial charge in [0.15, 0.2) is 5.75 Å². The number of ether oxygens (including phenoxy) is 1. The van der Waals surface area contributed by atoms with E-state index in [2.05, 4.69) is 5.32 Å². The highest BCUT2D eigenvalue weighted by Gasteiger charge is 2.23. The Hall–Kier alpha value is -1.08. The Morgan fingerprint density at radius 2 is 2.29 bits per heavy atom. The average molecular weight is 328 g/mol. The number of para-hydroxylation sites is 1. The molecular formula is C14H20N2O3S2. The molecule has 0 saturated carbocycles. The van der Waals surface area contributed by atoms with Gasteiger partial charge in [0.25, 0.3) is 0 Å². The molecule has 1 unspecified atom stereocenters. The number of rotatable bonds is 6. The van der Waals surface area contributed by atoms with E-state index in [1.807, 2.05) is 37.4 Å². The van der Waals surface area contributed by atoms with E-state index in [-0.39, 0.29) is 16.7 Å². The van der Waals surface area contributed by atoms with Gasteiger partial charge in [0.2, 0.25) is 0 Å². The minimum absolute atomic E-state index is 0.0275. The molecular weight excluding hydrogens is 308 g/mol. The van der Waals surface area contributed by atoms with Gasteiger partial charge in [-0.05, 0) is 26.0 Å². The number of nitrogens with one attached hydrogen (secondary N) is 1. The van der Waals surface area contributed by atoms with E-state index >= 15 is 0 Å². The lowest BCUT2D eigenvalue weighted by Crippen LogP contribution is -2.23. The van der Waals surface area contributed by atoms with Crippen molar-refractivity contribution in [1.82, 2.24) is 0 Å². The van der Waals surface area contributed by atoms with Crippen LogP contribution >= 0.6 is 23.5 Å². The molecule has 0 aromatic heterocycles. The summed E-state index contributed by atoms with van der Waals surface area (Å²) in [6.07, 6.45) is -0.0933. The molecule has 2 rings (SSSR count). The molecule has 0 amide bonds. The van der Waals surface area contributed by atoms with Gasteiger partial charge in [0, 0.05) is 29.1 Å². The molecule has 1 aliphatic rings. The predicted molar refractivity (Wildman–Crippen MR) is 90.9 cm³/mol. The second-order valence-corrected chi connectivity index (χ2v) is 7.58. The Morgan fingerprint density at radius 3 is 2.90 bits per heavy atom. The van der Waals surface area contributed by atoms with Crippen molar-refractivity contribution in [2.75, 3.05) is 29.1 Å². The summed E-state index contributed by atoms with van der Waals surface area (Å²) in [5, 5.41) is 15.1. The fourth-order valence-electron chi connectivity index (χ4n) is 2.08. The summed E-state index contributed by atoms with van der Waals surface area (Å²) in [5.74, 6) is 3.76. The first kappa shape index (κ1) is 16.3. The summed E-state index contributed by atoms with van der Waals surface area (Å²) in [5.41, 5.74) is 0.564. The van der Waals surface area contributed by atoms with Crippen molar-refractivity contribution in [3.63, 3.8) is 0 Å². The Morgan fingerprint density at radius 1 is 1.48 bits per heavy atom. The number of nitro benzene ring substituents is 1. The van der Waals surface area contributed by atoms with Crippen LogP contribution in [0, 0.1) is 10.1 Å². The van der Waals surface area contributed by atoms with Gasteiger partial charge in [0.1, 0.15) is 5.69 Å². The Kier molecular flexibility index (Phi) is 6.05. The average Bonchev–Trinajstić information content (AvgIpc) is 2.45. The van der Waals surface area contributed by atoms with Crippen LogP contribution in [0.15, 0.2) is 18.2 Å². The first-order chi connectivity index (χ1) is 10.1. The van der Waals surface area contributed by atoms with Crippen molar-refractivity contribution in [2.24, 2.45) is 0 Å². The summed E-state index contributed by atoms with van der Waals surface area (Å²) in [7, 11) is 0. The maximum atomic E-state index is 11.4. The van der Waals surface area contributed by atoms with E-state index in [0.29, 0.717) is 16.7 Å². The number of nitrogens with zero attached hydrogens (tertiary/aromatic N) is 1. The van der Waals surface area contributed by atoms with Gasteiger partial charge in [-0.1, -0.05) is 6.07 Å². The Labute approximate surface area is 133 Å². The molecule has 0 radical (unpaired) electrons. The van der Waals surface area contributed by atoms with E-state index in [0.717, 1.165) is 18.1 Å². The lowest BCUT2D eigenvalue weighted by atomic mass is 10.2. The van der Waals surface area contributed by atoms with Gasteiger partial charge in [-0.2, -0.15) is 23.5 Å². The van der Waals surface area contributed by atoms with E-state index in [4.69, 9.17) is 4.74 Å². The van der Waals surface area contributed by atoms with Crippen LogP contribution in [0.2, 0.25) is 0 Å². The van der Waals surface area contributed by atoms with Crippen LogP contribution < -0.4 is 10.1 Å². The van der Waals surface area contributed by atoms with Crippen molar-refractivity contribution in [1.29, 1.82) is 0 Å². The third-order valence-corrected chi connectivity index (χ3v) is 5.79. The molecule has 1 aliphatic heterocycles. The molecule has 116 valence electrons. The maximum Gasteiger partial charge on any atom is 0.333 e. The number of nitro groups is 1. The van der Waals surface area contributed by atoms with Crippen LogP contribution in [-0.4, -0.2) is 40.1 Å². The van der Waals surface area contributed by atoms with Crippen molar-refractivity contribution >= 4 is 34.9 Å². The quantitative estimate of drug-likeness (QED) is 0.635. The summed E-state index contributed by atoms with van der Waals surface area (Å²) < 4.78 is 5.55. The molecule has 0 bridgehead atoms. The number of benzene rings is 1. The minimum atomic E-state index is -0.372. The van der Waals surface area contributed by atoms with Crippen molar-refractivity contribution in [2.45, 2.75) is 25.2 Å². The van der Waals surface area contributed by atoms with Gasteiger partial charge in [-0.3, -0.25) is 10.1 Å². The summed E-state index contributed by atoms with van der Waals surface area (Å²) in [6.45, 7) is 4.46. The van der Waals surface area contributed by atoms with Crippen LogP contribution in [-0.2, 0) is 0 Å². The van der Waals surface area contributed by atoms with Crippen molar-refractivity contribution in [3.05, 3.63) is 28.3 Å². The standard InChI is InChI=1S/C14H20N2O3S2/c1-10(2)19-13-5-3-4-12(14(13)16(17)18)15-8-11-9-20-6-7-21-11/h3-5,10-11,15H,6-9H2,1-2H3. The van der Waals surface area contributed by atoms with Gasteiger partial charge in [-0.25, -0.2) is 0 Å². The van der Waals surface area contributed by atoms with Crippen LogP contribution in [0.3, 0.4) is 0 Å². The number of thioether (sulfide) groups is 2. The SMILES string of the molecule is CC(C)Oc1cccc(NCC2CSCCS2)c1[N+](=O)[O-]. The first-order valence-electron chi connectivity index (χ1n) is 6.95. The molecule has 1 fully saturated rings. The van der Waals surface area contributed by atoms with Gasteiger partial charge < -0.3 is 10.1 Å². The largest absolute Gasteiger partial charge is 0.484 e. The fraction of sp³-hybridized carbons (Fsp3) is 0.571. The number of hydrogen-bond acceptors (Lipinski definition) is 6. The third kappa shape index (κ3) is 4.71. The van der Waals surface area contributed by atoms with Gasteiger partial charge in [0.05, 0.1) is 11.0 Å². The Balaban J connectivity index is 2.11. The summed E-state index contributed by atoms with van der Waals surface area (Å²) in [4.78, 5) is 11.0. The monoisotopic (exact) mass is 328 g/mol. The normalized spacial score (nSPS) is 18.5. The number of anilines is 1.